The molecule has 0 spiro atoms. The zero-order valence-electron chi connectivity index (χ0n) is 10.1. The molecule has 1 aromatic carbocycles. The van der Waals surface area contributed by atoms with Crippen molar-refractivity contribution in [3.8, 4) is 11.5 Å². The maximum absolute atomic E-state index is 5.89. The summed E-state index contributed by atoms with van der Waals surface area (Å²) in [5.41, 5.74) is 0. The molecule has 0 aliphatic carbocycles. The van der Waals surface area contributed by atoms with Crippen LogP contribution in [0.5, 0.6) is 11.5 Å². The second kappa shape index (κ2) is 6.12. The van der Waals surface area contributed by atoms with Crippen molar-refractivity contribution in [2.45, 2.75) is 12.8 Å². The molecule has 0 unspecified atom stereocenters. The molecule has 1 saturated heterocycles. The molecular weight excluding hydrogens is 238 g/mol. The van der Waals surface area contributed by atoms with Gasteiger partial charge in [0.2, 0.25) is 0 Å². The first-order chi connectivity index (χ1) is 8.29. The summed E-state index contributed by atoms with van der Waals surface area (Å²) in [6.07, 6.45) is 2.62. The Labute approximate surface area is 107 Å². The average molecular weight is 256 g/mol. The molecule has 1 heterocycles. The van der Waals surface area contributed by atoms with Crippen molar-refractivity contribution in [3.05, 3.63) is 23.2 Å². The predicted octanol–water partition coefficient (Wildman–Crippen LogP) is 2.82. The van der Waals surface area contributed by atoms with Crippen LogP contribution >= 0.6 is 11.6 Å². The monoisotopic (exact) mass is 255 g/mol. The molecule has 2 rings (SSSR count). The first-order valence-electron chi connectivity index (χ1n) is 5.98. The smallest absolute Gasteiger partial charge is 0.162 e. The van der Waals surface area contributed by atoms with Crippen molar-refractivity contribution in [2.24, 2.45) is 0 Å². The highest BCUT2D eigenvalue weighted by Crippen LogP contribution is 2.29. The topological polar surface area (TPSA) is 21.7 Å². The number of nitrogens with zero attached hydrogens (tertiary/aromatic N) is 1. The van der Waals surface area contributed by atoms with Crippen LogP contribution in [0.3, 0.4) is 0 Å². The van der Waals surface area contributed by atoms with Crippen LogP contribution in [0.1, 0.15) is 12.8 Å². The van der Waals surface area contributed by atoms with Crippen LogP contribution in [0.4, 0.5) is 0 Å². The van der Waals surface area contributed by atoms with Gasteiger partial charge in [-0.3, -0.25) is 4.90 Å². The first kappa shape index (κ1) is 12.5. The van der Waals surface area contributed by atoms with E-state index in [-0.39, 0.29) is 0 Å². The summed E-state index contributed by atoms with van der Waals surface area (Å²) >= 11 is 5.89. The number of ether oxygens (including phenoxy) is 2. The highest BCUT2D eigenvalue weighted by atomic mass is 35.5. The Morgan fingerprint density at radius 3 is 2.71 bits per heavy atom. The molecule has 0 atom stereocenters. The van der Waals surface area contributed by atoms with Crippen molar-refractivity contribution in [1.82, 2.24) is 4.90 Å². The van der Waals surface area contributed by atoms with Gasteiger partial charge in [0.25, 0.3) is 0 Å². The fourth-order valence-electron chi connectivity index (χ4n) is 2.05. The number of halogens is 1. The molecule has 0 saturated carbocycles. The average Bonchev–Trinajstić information content (AvgIpc) is 2.84. The van der Waals surface area contributed by atoms with Gasteiger partial charge >= 0.3 is 0 Å². The third-order valence-electron chi connectivity index (χ3n) is 2.99. The van der Waals surface area contributed by atoms with Gasteiger partial charge in [-0.1, -0.05) is 11.6 Å². The van der Waals surface area contributed by atoms with E-state index in [4.69, 9.17) is 21.1 Å². The Morgan fingerprint density at radius 1 is 1.24 bits per heavy atom. The van der Waals surface area contributed by atoms with Crippen LogP contribution in [0.2, 0.25) is 5.02 Å². The van der Waals surface area contributed by atoms with Crippen molar-refractivity contribution in [1.29, 1.82) is 0 Å². The number of methoxy groups -OCH3 is 1. The molecule has 4 heteroatoms. The van der Waals surface area contributed by atoms with Crippen molar-refractivity contribution in [3.63, 3.8) is 0 Å². The van der Waals surface area contributed by atoms with Gasteiger partial charge in [-0.25, -0.2) is 0 Å². The molecule has 1 aromatic rings. The van der Waals surface area contributed by atoms with Crippen LogP contribution < -0.4 is 9.47 Å². The zero-order valence-corrected chi connectivity index (χ0v) is 10.9. The van der Waals surface area contributed by atoms with Crippen LogP contribution in [-0.2, 0) is 0 Å². The third kappa shape index (κ3) is 3.51. The SMILES string of the molecule is COc1cc(Cl)ccc1OCCN1CCCC1. The van der Waals surface area contributed by atoms with E-state index in [9.17, 15) is 0 Å². The molecule has 0 aromatic heterocycles. The van der Waals surface area contributed by atoms with Crippen molar-refractivity contribution < 1.29 is 9.47 Å². The maximum Gasteiger partial charge on any atom is 0.162 e. The molecule has 0 bridgehead atoms. The molecule has 1 aliphatic rings. The normalized spacial score (nSPS) is 16.1. The van der Waals surface area contributed by atoms with Gasteiger partial charge in [-0.05, 0) is 38.1 Å². The highest BCUT2D eigenvalue weighted by molar-refractivity contribution is 6.30. The lowest BCUT2D eigenvalue weighted by atomic mass is 10.3. The Bertz CT molecular complexity index is 364. The van der Waals surface area contributed by atoms with Gasteiger partial charge in [0, 0.05) is 17.6 Å². The van der Waals surface area contributed by atoms with Crippen molar-refractivity contribution in [2.75, 3.05) is 33.4 Å². The molecule has 0 amide bonds. The lowest BCUT2D eigenvalue weighted by molar-refractivity contribution is 0.230. The molecule has 3 nitrogen and oxygen atoms in total. The largest absolute Gasteiger partial charge is 0.493 e. The Hall–Kier alpha value is -0.930. The Balaban J connectivity index is 1.85. The molecule has 1 aliphatic heterocycles. The standard InChI is InChI=1S/C13H18ClNO2/c1-16-13-10-11(14)4-5-12(13)17-9-8-15-6-2-3-7-15/h4-5,10H,2-3,6-9H2,1H3. The van der Waals surface area contributed by atoms with E-state index >= 15 is 0 Å². The molecule has 0 radical (unpaired) electrons. The second-order valence-corrected chi connectivity index (χ2v) is 4.63. The first-order valence-corrected chi connectivity index (χ1v) is 6.36. The summed E-state index contributed by atoms with van der Waals surface area (Å²) in [6.45, 7) is 4.06. The van der Waals surface area contributed by atoms with Gasteiger partial charge in [0.1, 0.15) is 6.61 Å². The van der Waals surface area contributed by atoms with Gasteiger partial charge in [0.05, 0.1) is 7.11 Å². The summed E-state index contributed by atoms with van der Waals surface area (Å²) in [6, 6.07) is 5.44. The van der Waals surface area contributed by atoms with Crippen LogP contribution in [0, 0.1) is 0 Å². The minimum Gasteiger partial charge on any atom is -0.493 e. The van der Waals surface area contributed by atoms with Crippen molar-refractivity contribution >= 4 is 11.6 Å². The lowest BCUT2D eigenvalue weighted by Crippen LogP contribution is -2.25. The lowest BCUT2D eigenvalue weighted by Gasteiger charge is -2.16. The zero-order chi connectivity index (χ0) is 12.1. The van der Waals surface area contributed by atoms with Gasteiger partial charge < -0.3 is 9.47 Å². The predicted molar refractivity (Wildman–Crippen MR) is 69.2 cm³/mol. The number of hydrogen-bond acceptors (Lipinski definition) is 3. The fourth-order valence-corrected chi connectivity index (χ4v) is 2.21. The number of benzene rings is 1. The third-order valence-corrected chi connectivity index (χ3v) is 3.22. The van der Waals surface area contributed by atoms with Gasteiger partial charge in [-0.2, -0.15) is 0 Å². The summed E-state index contributed by atoms with van der Waals surface area (Å²) in [7, 11) is 1.62. The quantitative estimate of drug-likeness (QED) is 0.808. The Kier molecular flexibility index (Phi) is 4.51. The van der Waals surface area contributed by atoms with Crippen LogP contribution in [-0.4, -0.2) is 38.3 Å². The van der Waals surface area contributed by atoms with E-state index in [0.717, 1.165) is 12.3 Å². The minimum atomic E-state index is 0.661. The Morgan fingerprint density at radius 2 is 2.00 bits per heavy atom. The fraction of sp³-hybridized carbons (Fsp3) is 0.538. The molecule has 94 valence electrons. The van der Waals surface area contributed by atoms with E-state index in [1.54, 1.807) is 13.2 Å². The van der Waals surface area contributed by atoms with E-state index in [0.29, 0.717) is 17.4 Å². The number of rotatable bonds is 5. The number of hydrogen-bond donors (Lipinski definition) is 0. The van der Waals surface area contributed by atoms with E-state index in [1.165, 1.54) is 25.9 Å². The van der Waals surface area contributed by atoms with E-state index in [1.807, 2.05) is 12.1 Å². The van der Waals surface area contributed by atoms with Crippen LogP contribution in [0.25, 0.3) is 0 Å². The van der Waals surface area contributed by atoms with Crippen LogP contribution in [0.15, 0.2) is 18.2 Å². The summed E-state index contributed by atoms with van der Waals surface area (Å²) in [4.78, 5) is 2.42. The van der Waals surface area contributed by atoms with Gasteiger partial charge in [-0.15, -0.1) is 0 Å². The molecule has 1 fully saturated rings. The molecule has 17 heavy (non-hydrogen) atoms. The molecule has 0 N–H and O–H groups in total. The summed E-state index contributed by atoms with van der Waals surface area (Å²) in [5, 5.41) is 0.661. The van der Waals surface area contributed by atoms with E-state index in [2.05, 4.69) is 4.90 Å². The highest BCUT2D eigenvalue weighted by Gasteiger charge is 2.11. The summed E-state index contributed by atoms with van der Waals surface area (Å²) in [5.74, 6) is 1.45. The van der Waals surface area contributed by atoms with Gasteiger partial charge in [0.15, 0.2) is 11.5 Å². The maximum atomic E-state index is 5.89. The second-order valence-electron chi connectivity index (χ2n) is 4.19. The minimum absolute atomic E-state index is 0.661. The number of likely N-dealkylation sites (tertiary alicyclic amines) is 1. The molecular formula is C13H18ClNO2. The van der Waals surface area contributed by atoms with E-state index < -0.39 is 0 Å². The summed E-state index contributed by atoms with van der Waals surface area (Å²) < 4.78 is 10.9.